The lowest BCUT2D eigenvalue weighted by atomic mass is 10.0. The van der Waals surface area contributed by atoms with Gasteiger partial charge in [0.25, 0.3) is 0 Å². The lowest BCUT2D eigenvalue weighted by Crippen LogP contribution is -2.48. The molecule has 0 amide bonds. The van der Waals surface area contributed by atoms with Crippen LogP contribution in [0, 0.1) is 6.92 Å². The molecule has 0 aromatic heterocycles. The molecule has 2 aromatic carbocycles. The number of ether oxygens (including phenoxy) is 3. The highest BCUT2D eigenvalue weighted by atomic mass is 127. The molecule has 1 saturated heterocycles. The van der Waals surface area contributed by atoms with Gasteiger partial charge < -0.3 is 24.4 Å². The molecular weight excluding hydrogens is 493 g/mol. The van der Waals surface area contributed by atoms with Crippen LogP contribution in [0.2, 0.25) is 0 Å². The van der Waals surface area contributed by atoms with Crippen LogP contribution in [0.25, 0.3) is 0 Å². The number of hydrogen-bond acceptors (Lipinski definition) is 4. The van der Waals surface area contributed by atoms with E-state index in [-0.39, 0.29) is 30.1 Å². The Balaban J connectivity index is 0.00000320. The van der Waals surface area contributed by atoms with Crippen LogP contribution in [-0.2, 0) is 11.3 Å². The second-order valence-electron chi connectivity index (χ2n) is 6.98. The average Bonchev–Trinajstić information content (AvgIpc) is 2.75. The normalized spacial score (nSPS) is 16.6. The van der Waals surface area contributed by atoms with Gasteiger partial charge >= 0.3 is 0 Å². The number of nitrogens with one attached hydrogen (secondary N) is 1. The highest BCUT2D eigenvalue weighted by molar-refractivity contribution is 14.0. The van der Waals surface area contributed by atoms with E-state index in [9.17, 15) is 0 Å². The van der Waals surface area contributed by atoms with E-state index in [0.717, 1.165) is 36.1 Å². The van der Waals surface area contributed by atoms with Gasteiger partial charge in [-0.1, -0.05) is 30.3 Å². The molecule has 1 atom stereocenters. The summed E-state index contributed by atoms with van der Waals surface area (Å²) in [7, 11) is 3.48. The van der Waals surface area contributed by atoms with Crippen LogP contribution in [0.3, 0.4) is 0 Å². The first kappa shape index (κ1) is 24.3. The molecule has 0 spiro atoms. The van der Waals surface area contributed by atoms with Crippen molar-refractivity contribution in [2.45, 2.75) is 26.5 Å². The Kier molecular flexibility index (Phi) is 9.71. The van der Waals surface area contributed by atoms with Crippen molar-refractivity contribution < 1.29 is 14.2 Å². The van der Waals surface area contributed by atoms with Gasteiger partial charge in [0.05, 0.1) is 26.9 Å². The summed E-state index contributed by atoms with van der Waals surface area (Å²) in [5.41, 5.74) is 3.60. The molecule has 0 saturated carbocycles. The van der Waals surface area contributed by atoms with Crippen molar-refractivity contribution in [3.63, 3.8) is 0 Å². The largest absolute Gasteiger partial charge is 0.493 e. The molecule has 1 heterocycles. The maximum absolute atomic E-state index is 6.04. The van der Waals surface area contributed by atoms with E-state index in [4.69, 9.17) is 14.2 Å². The first-order valence-corrected chi connectivity index (χ1v) is 10.1. The van der Waals surface area contributed by atoms with Gasteiger partial charge in [-0.3, -0.25) is 4.99 Å². The molecule has 1 N–H and O–H groups in total. The highest BCUT2D eigenvalue weighted by Crippen LogP contribution is 2.28. The molecule has 30 heavy (non-hydrogen) atoms. The van der Waals surface area contributed by atoms with Crippen LogP contribution in [0.1, 0.15) is 29.7 Å². The highest BCUT2D eigenvalue weighted by Gasteiger charge is 2.25. The molecule has 0 radical (unpaired) electrons. The maximum Gasteiger partial charge on any atom is 0.194 e. The molecule has 0 bridgehead atoms. The van der Waals surface area contributed by atoms with Crippen LogP contribution in [0.5, 0.6) is 11.5 Å². The van der Waals surface area contributed by atoms with Crippen LogP contribution in [0.15, 0.2) is 47.5 Å². The van der Waals surface area contributed by atoms with Crippen LogP contribution >= 0.6 is 24.0 Å². The van der Waals surface area contributed by atoms with Gasteiger partial charge in [0, 0.05) is 20.1 Å². The molecule has 1 fully saturated rings. The third-order valence-electron chi connectivity index (χ3n) is 5.09. The molecule has 3 rings (SSSR count). The summed E-state index contributed by atoms with van der Waals surface area (Å²) >= 11 is 0. The van der Waals surface area contributed by atoms with Gasteiger partial charge in [-0.05, 0) is 42.7 Å². The van der Waals surface area contributed by atoms with E-state index < -0.39 is 0 Å². The summed E-state index contributed by atoms with van der Waals surface area (Å²) in [6.45, 7) is 7.62. The van der Waals surface area contributed by atoms with Crippen molar-refractivity contribution in [2.75, 3.05) is 40.5 Å². The van der Waals surface area contributed by atoms with Crippen LogP contribution in [0.4, 0.5) is 0 Å². The number of aliphatic imine (C=N–C) groups is 1. The van der Waals surface area contributed by atoms with E-state index in [1.165, 1.54) is 11.1 Å². The van der Waals surface area contributed by atoms with Crippen LogP contribution in [-0.4, -0.2) is 51.3 Å². The minimum absolute atomic E-state index is 0. The van der Waals surface area contributed by atoms with Crippen molar-refractivity contribution in [1.82, 2.24) is 10.2 Å². The average molecular weight is 525 g/mol. The number of aryl methyl sites for hydroxylation is 1. The zero-order chi connectivity index (χ0) is 20.6. The number of halogens is 1. The first-order chi connectivity index (χ1) is 14.2. The fourth-order valence-corrected chi connectivity index (χ4v) is 3.59. The van der Waals surface area contributed by atoms with Gasteiger partial charge in [-0.15, -0.1) is 24.0 Å². The van der Waals surface area contributed by atoms with Gasteiger partial charge in [0.1, 0.15) is 6.10 Å². The van der Waals surface area contributed by atoms with Crippen molar-refractivity contribution in [3.8, 4) is 11.5 Å². The Morgan fingerprint density at radius 2 is 2.03 bits per heavy atom. The van der Waals surface area contributed by atoms with E-state index in [1.807, 2.05) is 32.2 Å². The number of methoxy groups -OCH3 is 1. The first-order valence-electron chi connectivity index (χ1n) is 10.1. The molecular formula is C23H32IN3O3. The Morgan fingerprint density at radius 3 is 2.73 bits per heavy atom. The Labute approximate surface area is 196 Å². The molecule has 2 aromatic rings. The number of rotatable bonds is 6. The summed E-state index contributed by atoms with van der Waals surface area (Å²) < 4.78 is 17.1. The van der Waals surface area contributed by atoms with Crippen molar-refractivity contribution in [2.24, 2.45) is 4.99 Å². The summed E-state index contributed by atoms with van der Waals surface area (Å²) in [5.74, 6) is 2.38. The SMILES string of the molecule is CCOc1ccc(CNC(=NC)N2CCOC(c3ccccc3C)C2)cc1OC.I. The van der Waals surface area contributed by atoms with E-state index in [1.54, 1.807) is 7.11 Å². The molecule has 0 aliphatic carbocycles. The molecule has 6 nitrogen and oxygen atoms in total. The standard InChI is InChI=1S/C23H31N3O3.HI/c1-5-28-20-11-10-18(14-21(20)27-4)15-25-23(24-3)26-12-13-29-22(16-26)19-9-7-6-8-17(19)2;/h6-11,14,22H,5,12-13,15-16H2,1-4H3,(H,24,25);1H. The number of guanidine groups is 1. The third kappa shape index (κ3) is 6.01. The minimum Gasteiger partial charge on any atom is -0.493 e. The van der Waals surface area contributed by atoms with Crippen LogP contribution < -0.4 is 14.8 Å². The fourth-order valence-electron chi connectivity index (χ4n) is 3.59. The number of nitrogens with zero attached hydrogens (tertiary/aromatic N) is 2. The van der Waals surface area contributed by atoms with Crippen molar-refractivity contribution in [3.05, 3.63) is 59.2 Å². The quantitative estimate of drug-likeness (QED) is 0.349. The van der Waals surface area contributed by atoms with Gasteiger partial charge in [-0.2, -0.15) is 0 Å². The molecule has 1 aliphatic rings. The van der Waals surface area contributed by atoms with Gasteiger partial charge in [-0.25, -0.2) is 0 Å². The lowest BCUT2D eigenvalue weighted by Gasteiger charge is -2.35. The molecule has 1 unspecified atom stereocenters. The second-order valence-corrected chi connectivity index (χ2v) is 6.98. The monoisotopic (exact) mass is 525 g/mol. The Hall–Kier alpha value is -2.00. The Bertz CT molecular complexity index is 844. The molecule has 1 aliphatic heterocycles. The van der Waals surface area contributed by atoms with E-state index in [2.05, 4.69) is 46.4 Å². The maximum atomic E-state index is 6.04. The second kappa shape index (κ2) is 12.0. The predicted molar refractivity (Wildman–Crippen MR) is 131 cm³/mol. The smallest absolute Gasteiger partial charge is 0.194 e. The third-order valence-corrected chi connectivity index (χ3v) is 5.09. The summed E-state index contributed by atoms with van der Waals surface area (Å²) in [6.07, 6.45) is 0.0501. The topological polar surface area (TPSA) is 55.3 Å². The lowest BCUT2D eigenvalue weighted by molar-refractivity contribution is -0.00833. The number of morpholine rings is 1. The Morgan fingerprint density at radius 1 is 1.23 bits per heavy atom. The molecule has 164 valence electrons. The zero-order valence-electron chi connectivity index (χ0n) is 18.2. The van der Waals surface area contributed by atoms with Crippen molar-refractivity contribution in [1.29, 1.82) is 0 Å². The fraction of sp³-hybridized carbons (Fsp3) is 0.435. The summed E-state index contributed by atoms with van der Waals surface area (Å²) in [5, 5.41) is 3.47. The molecule has 7 heteroatoms. The minimum atomic E-state index is 0. The predicted octanol–water partition coefficient (Wildman–Crippen LogP) is 4.17. The van der Waals surface area contributed by atoms with E-state index in [0.29, 0.717) is 19.8 Å². The number of hydrogen-bond donors (Lipinski definition) is 1. The number of benzene rings is 2. The van der Waals surface area contributed by atoms with E-state index >= 15 is 0 Å². The summed E-state index contributed by atoms with van der Waals surface area (Å²) in [4.78, 5) is 6.74. The zero-order valence-corrected chi connectivity index (χ0v) is 20.5. The van der Waals surface area contributed by atoms with Gasteiger partial charge in [0.2, 0.25) is 0 Å². The van der Waals surface area contributed by atoms with Crippen molar-refractivity contribution >= 4 is 29.9 Å². The van der Waals surface area contributed by atoms with Gasteiger partial charge in [0.15, 0.2) is 17.5 Å². The summed E-state index contributed by atoms with van der Waals surface area (Å²) in [6, 6.07) is 14.4.